The highest BCUT2D eigenvalue weighted by atomic mass is 79.9. The van der Waals surface area contributed by atoms with Crippen LogP contribution in [0.4, 0.5) is 4.39 Å². The molecule has 0 bridgehead atoms. The number of benzene rings is 1. The average Bonchev–Trinajstić information content (AvgIpc) is 2.84. The summed E-state index contributed by atoms with van der Waals surface area (Å²) in [5.41, 5.74) is 0.509. The van der Waals surface area contributed by atoms with Crippen LogP contribution in [0.3, 0.4) is 0 Å². The molecule has 0 radical (unpaired) electrons. The lowest BCUT2D eigenvalue weighted by atomic mass is 10.0. The van der Waals surface area contributed by atoms with Gasteiger partial charge >= 0.3 is 0 Å². The molecule has 0 saturated heterocycles. The molecule has 0 atom stereocenters. The van der Waals surface area contributed by atoms with Crippen molar-refractivity contribution in [2.75, 3.05) is 0 Å². The Morgan fingerprint density at radius 1 is 1.47 bits per heavy atom. The first kappa shape index (κ1) is 14.6. The second-order valence-electron chi connectivity index (χ2n) is 4.19. The number of hydrogen-bond acceptors (Lipinski definition) is 4. The minimum Gasteiger partial charge on any atom is -0.287 e. The third-order valence-electron chi connectivity index (χ3n) is 2.55. The minimum atomic E-state index is -0.732. The van der Waals surface area contributed by atoms with Crippen molar-refractivity contribution in [2.45, 2.75) is 19.8 Å². The molecule has 1 aromatic heterocycles. The zero-order chi connectivity index (χ0) is 14.2. The third-order valence-corrected chi connectivity index (χ3v) is 4.55. The topological polar surface area (TPSA) is 42.9 Å². The maximum Gasteiger partial charge on any atom is 0.209 e. The fourth-order valence-electron chi connectivity index (χ4n) is 1.56. The van der Waals surface area contributed by atoms with Crippen LogP contribution < -0.4 is 0 Å². The Kier molecular flexibility index (Phi) is 4.32. The van der Waals surface area contributed by atoms with Crippen LogP contribution in [0, 0.1) is 5.82 Å². The molecule has 1 aromatic carbocycles. The maximum atomic E-state index is 14.0. The van der Waals surface area contributed by atoms with Gasteiger partial charge in [0.25, 0.3) is 0 Å². The Morgan fingerprint density at radius 3 is 2.79 bits per heavy atom. The van der Waals surface area contributed by atoms with Crippen molar-refractivity contribution in [1.82, 2.24) is 9.59 Å². The van der Waals surface area contributed by atoms with E-state index in [1.165, 1.54) is 6.07 Å². The van der Waals surface area contributed by atoms with Gasteiger partial charge in [-0.2, -0.15) is 0 Å². The first-order chi connectivity index (χ1) is 8.93. The molecular weight excluding hydrogens is 355 g/mol. The van der Waals surface area contributed by atoms with E-state index in [9.17, 15) is 9.18 Å². The molecule has 3 nitrogen and oxygen atoms in total. The second-order valence-corrected chi connectivity index (χ2v) is 6.18. The molecule has 0 N–H and O–H groups in total. The summed E-state index contributed by atoms with van der Waals surface area (Å²) in [4.78, 5) is 12.7. The molecule has 2 rings (SSSR count). The molecule has 0 saturated carbocycles. The predicted molar refractivity (Wildman–Crippen MR) is 76.5 cm³/mol. The van der Waals surface area contributed by atoms with Crippen LogP contribution in [0.25, 0.3) is 0 Å². The van der Waals surface area contributed by atoms with Crippen LogP contribution >= 0.6 is 39.1 Å². The zero-order valence-corrected chi connectivity index (χ0v) is 13.2. The number of carbonyl (C=O) groups is 1. The van der Waals surface area contributed by atoms with Crippen molar-refractivity contribution in [1.29, 1.82) is 0 Å². The lowest BCUT2D eigenvalue weighted by molar-refractivity contribution is 0.103. The monoisotopic (exact) mass is 362 g/mol. The smallest absolute Gasteiger partial charge is 0.209 e. The van der Waals surface area contributed by atoms with Crippen LogP contribution in [0.2, 0.25) is 5.02 Å². The number of hydrogen-bond donors (Lipinski definition) is 0. The lowest BCUT2D eigenvalue weighted by Crippen LogP contribution is -2.07. The average molecular weight is 364 g/mol. The summed E-state index contributed by atoms with van der Waals surface area (Å²) in [5, 5.41) is 3.81. The van der Waals surface area contributed by atoms with E-state index in [-0.39, 0.29) is 16.5 Å². The summed E-state index contributed by atoms with van der Waals surface area (Å²) in [5.74, 6) is -1.12. The molecule has 0 aliphatic heterocycles. The standard InChI is InChI=1S/C12H9BrClFN2OS/c1-5(2)10-12(19-17-16-10)11(18)6-3-4-7(13)8(14)9(6)15/h3-5H,1-2H3. The van der Waals surface area contributed by atoms with Gasteiger partial charge in [-0.05, 0) is 45.5 Å². The number of nitrogens with zero attached hydrogens (tertiary/aromatic N) is 2. The van der Waals surface area contributed by atoms with Crippen molar-refractivity contribution in [3.8, 4) is 0 Å². The summed E-state index contributed by atoms with van der Waals surface area (Å²) >= 11 is 9.87. The van der Waals surface area contributed by atoms with Crippen LogP contribution in [0.15, 0.2) is 16.6 Å². The SMILES string of the molecule is CC(C)c1nnsc1C(=O)c1ccc(Br)c(Cl)c1F. The Morgan fingerprint density at radius 2 is 2.16 bits per heavy atom. The first-order valence-electron chi connectivity index (χ1n) is 5.44. The molecule has 0 unspecified atom stereocenters. The van der Waals surface area contributed by atoms with Crippen LogP contribution in [-0.2, 0) is 0 Å². The van der Waals surface area contributed by atoms with Gasteiger partial charge in [-0.25, -0.2) is 4.39 Å². The van der Waals surface area contributed by atoms with E-state index in [4.69, 9.17) is 11.6 Å². The molecule has 19 heavy (non-hydrogen) atoms. The van der Waals surface area contributed by atoms with Gasteiger partial charge in [-0.3, -0.25) is 4.79 Å². The molecule has 7 heteroatoms. The number of rotatable bonds is 3. The summed E-state index contributed by atoms with van der Waals surface area (Å²) in [6.07, 6.45) is 0. The number of carbonyl (C=O) groups excluding carboxylic acids is 1. The highest BCUT2D eigenvalue weighted by molar-refractivity contribution is 9.10. The Balaban J connectivity index is 2.51. The quantitative estimate of drug-likeness (QED) is 0.598. The molecule has 0 amide bonds. The van der Waals surface area contributed by atoms with E-state index >= 15 is 0 Å². The number of halogens is 3. The fraction of sp³-hybridized carbons (Fsp3) is 0.250. The van der Waals surface area contributed by atoms with Gasteiger partial charge in [0.15, 0.2) is 5.82 Å². The highest BCUT2D eigenvalue weighted by Gasteiger charge is 2.24. The van der Waals surface area contributed by atoms with Crippen molar-refractivity contribution in [3.63, 3.8) is 0 Å². The van der Waals surface area contributed by atoms with Crippen LogP contribution in [-0.4, -0.2) is 15.4 Å². The van der Waals surface area contributed by atoms with Gasteiger partial charge in [0.1, 0.15) is 4.88 Å². The first-order valence-corrected chi connectivity index (χ1v) is 7.38. The largest absolute Gasteiger partial charge is 0.287 e. The van der Waals surface area contributed by atoms with Gasteiger partial charge < -0.3 is 0 Å². The van der Waals surface area contributed by atoms with Crippen molar-refractivity contribution < 1.29 is 9.18 Å². The van der Waals surface area contributed by atoms with Crippen molar-refractivity contribution >= 4 is 44.8 Å². The third kappa shape index (κ3) is 2.70. The summed E-state index contributed by atoms with van der Waals surface area (Å²) in [6, 6.07) is 2.94. The highest BCUT2D eigenvalue weighted by Crippen LogP contribution is 2.30. The van der Waals surface area contributed by atoms with E-state index in [0.717, 1.165) is 11.5 Å². The summed E-state index contributed by atoms with van der Waals surface area (Å²) in [6.45, 7) is 3.80. The van der Waals surface area contributed by atoms with Crippen molar-refractivity contribution in [3.05, 3.63) is 43.6 Å². The van der Waals surface area contributed by atoms with Gasteiger partial charge in [0, 0.05) is 4.47 Å². The zero-order valence-electron chi connectivity index (χ0n) is 10.1. The van der Waals surface area contributed by atoms with E-state index in [2.05, 4.69) is 25.5 Å². The Bertz CT molecular complexity index is 645. The molecular formula is C12H9BrClFN2OS. The molecule has 1 heterocycles. The van der Waals surface area contributed by atoms with E-state index in [1.54, 1.807) is 6.07 Å². The van der Waals surface area contributed by atoms with E-state index in [1.807, 2.05) is 13.8 Å². The summed E-state index contributed by atoms with van der Waals surface area (Å²) in [7, 11) is 0. The van der Waals surface area contributed by atoms with E-state index in [0.29, 0.717) is 15.0 Å². The van der Waals surface area contributed by atoms with Gasteiger partial charge in [-0.15, -0.1) is 5.10 Å². The number of ketones is 1. The lowest BCUT2D eigenvalue weighted by Gasteiger charge is -2.06. The molecule has 0 aliphatic rings. The van der Waals surface area contributed by atoms with Crippen LogP contribution in [0.1, 0.15) is 40.7 Å². The molecule has 0 fully saturated rings. The van der Waals surface area contributed by atoms with E-state index < -0.39 is 11.6 Å². The van der Waals surface area contributed by atoms with Gasteiger partial charge in [-0.1, -0.05) is 29.9 Å². The molecule has 0 aliphatic carbocycles. The molecule has 2 aromatic rings. The Hall–Kier alpha value is -0.850. The minimum absolute atomic E-state index is 0.0479. The van der Waals surface area contributed by atoms with Crippen molar-refractivity contribution in [2.24, 2.45) is 0 Å². The fourth-order valence-corrected chi connectivity index (χ4v) is 2.80. The van der Waals surface area contributed by atoms with Gasteiger partial charge in [0.2, 0.25) is 5.78 Å². The Labute approximate surface area is 127 Å². The summed E-state index contributed by atoms with van der Waals surface area (Å²) < 4.78 is 18.2. The molecule has 0 spiro atoms. The second kappa shape index (κ2) is 5.64. The maximum absolute atomic E-state index is 14.0. The predicted octanol–water partition coefficient (Wildman–Crippen LogP) is 4.45. The molecule has 100 valence electrons. The van der Waals surface area contributed by atoms with Gasteiger partial charge in [0.05, 0.1) is 16.3 Å². The number of aromatic nitrogens is 2. The van der Waals surface area contributed by atoms with Crippen LogP contribution in [0.5, 0.6) is 0 Å². The normalized spacial score (nSPS) is 11.1.